The number of aromatic nitrogens is 3. The number of nitrogens with one attached hydrogen (secondary N) is 1. The van der Waals surface area contributed by atoms with E-state index in [1.165, 1.54) is 19.9 Å². The van der Waals surface area contributed by atoms with Gasteiger partial charge in [0.05, 0.1) is 12.2 Å². The molecule has 0 aliphatic heterocycles. The van der Waals surface area contributed by atoms with E-state index in [0.717, 1.165) is 0 Å². The van der Waals surface area contributed by atoms with Crippen LogP contribution in [0.1, 0.15) is 49.3 Å². The predicted octanol–water partition coefficient (Wildman–Crippen LogP) is 7.44. The largest absolute Gasteiger partial charge is 0.465 e. The zero-order valence-corrected chi connectivity index (χ0v) is 23.3. The Kier molecular flexibility index (Phi) is 9.53. The molecule has 0 spiro atoms. The summed E-state index contributed by atoms with van der Waals surface area (Å²) in [6.45, 7) is 5.80. The number of halogens is 7. The molecule has 0 aliphatic rings. The van der Waals surface area contributed by atoms with Crippen LogP contribution in [0.25, 0.3) is 11.6 Å². The molecule has 8 nitrogen and oxygen atoms in total. The van der Waals surface area contributed by atoms with Crippen molar-refractivity contribution in [2.45, 2.75) is 63.2 Å². The Bertz CT molecular complexity index is 1380. The topological polar surface area (TPSA) is 110 Å². The maximum atomic E-state index is 14.7. The molecule has 15 heteroatoms. The second kappa shape index (κ2) is 12.2. The van der Waals surface area contributed by atoms with Crippen LogP contribution in [0.3, 0.4) is 0 Å². The molecule has 0 aliphatic carbocycles. The van der Waals surface area contributed by atoms with E-state index in [1.807, 2.05) is 0 Å². The number of carboxylic acid groups (broad SMARTS) is 1. The van der Waals surface area contributed by atoms with E-state index in [9.17, 15) is 31.1 Å². The van der Waals surface area contributed by atoms with Crippen LogP contribution in [0.5, 0.6) is 0 Å². The summed E-state index contributed by atoms with van der Waals surface area (Å²) in [5, 5.41) is 18.6. The second-order valence-electron chi connectivity index (χ2n) is 9.66. The van der Waals surface area contributed by atoms with Gasteiger partial charge in [-0.15, -0.1) is 16.8 Å². The molecule has 2 aromatic heterocycles. The monoisotopic (exact) mass is 650 g/mol. The van der Waals surface area contributed by atoms with Crippen LogP contribution >= 0.6 is 15.9 Å². The van der Waals surface area contributed by atoms with Gasteiger partial charge in [-0.3, -0.25) is 0 Å². The minimum Gasteiger partial charge on any atom is -0.465 e. The molecule has 0 bridgehead atoms. The molecule has 3 aromatic rings. The standard InChI is InChI=1S/C26H25BrF6N4O4/c1-4-5-11-24(26(31,32)33,40-14-15-9-7-6-8-10-15)21-37-36-20(41-21)18-16(13-23(2,3)35-22(38)39)12-17(19(27)34-18)25(28,29)30/h4,6-10,12,35H,1,5,11,13-14H2,2-3H3,(H,38,39)/t24-/m1/s1. The van der Waals surface area contributed by atoms with Gasteiger partial charge in [0.15, 0.2) is 0 Å². The molecule has 0 radical (unpaired) electrons. The molecule has 222 valence electrons. The lowest BCUT2D eigenvalue weighted by Gasteiger charge is -2.32. The van der Waals surface area contributed by atoms with Crippen molar-refractivity contribution in [2.75, 3.05) is 0 Å². The molecule has 0 saturated heterocycles. The van der Waals surface area contributed by atoms with Gasteiger partial charge >= 0.3 is 18.4 Å². The number of nitrogens with zero attached hydrogens (tertiary/aromatic N) is 3. The molecule has 41 heavy (non-hydrogen) atoms. The number of rotatable bonds is 11. The maximum absolute atomic E-state index is 14.7. The smallest absolute Gasteiger partial charge is 0.426 e. The van der Waals surface area contributed by atoms with Crippen LogP contribution in [0, 0.1) is 0 Å². The number of allylic oxidation sites excluding steroid dienone is 1. The van der Waals surface area contributed by atoms with E-state index in [0.29, 0.717) is 11.6 Å². The van der Waals surface area contributed by atoms with E-state index in [1.54, 1.807) is 30.3 Å². The van der Waals surface area contributed by atoms with Crippen molar-refractivity contribution in [3.8, 4) is 11.6 Å². The molecule has 2 heterocycles. The van der Waals surface area contributed by atoms with Crippen molar-refractivity contribution in [2.24, 2.45) is 0 Å². The first kappa shape index (κ1) is 32.1. The minimum absolute atomic E-state index is 0.156. The molecule has 1 aromatic carbocycles. The van der Waals surface area contributed by atoms with Crippen molar-refractivity contribution in [3.05, 3.63) is 76.2 Å². The number of pyridine rings is 1. The highest BCUT2D eigenvalue weighted by Gasteiger charge is 2.61. The van der Waals surface area contributed by atoms with Crippen LogP contribution in [0.2, 0.25) is 0 Å². The summed E-state index contributed by atoms with van der Waals surface area (Å²) in [4.78, 5) is 15.1. The van der Waals surface area contributed by atoms with Gasteiger partial charge in [-0.05, 0) is 66.2 Å². The van der Waals surface area contributed by atoms with Gasteiger partial charge in [0.25, 0.3) is 11.8 Å². The Morgan fingerprint density at radius 1 is 1.15 bits per heavy atom. The van der Waals surface area contributed by atoms with Gasteiger partial charge in [-0.2, -0.15) is 26.3 Å². The molecule has 1 atom stereocenters. The maximum Gasteiger partial charge on any atom is 0.426 e. The average Bonchev–Trinajstić information content (AvgIpc) is 3.33. The highest BCUT2D eigenvalue weighted by atomic mass is 79.9. The number of carbonyl (C=O) groups is 1. The SMILES string of the molecule is C=CCC[C@@](OCc1ccccc1)(c1nnc(-c2nc(Br)c(C(F)(F)F)cc2CC(C)(C)NC(=O)O)o1)C(F)(F)F. The number of alkyl halides is 6. The normalized spacial score (nSPS) is 14.0. The Morgan fingerprint density at radius 3 is 2.37 bits per heavy atom. The summed E-state index contributed by atoms with van der Waals surface area (Å²) in [7, 11) is 0. The first-order valence-electron chi connectivity index (χ1n) is 12.0. The summed E-state index contributed by atoms with van der Waals surface area (Å²) < 4.78 is 95.2. The van der Waals surface area contributed by atoms with Crippen molar-refractivity contribution in [1.82, 2.24) is 20.5 Å². The second-order valence-corrected chi connectivity index (χ2v) is 10.4. The Hall–Kier alpha value is -3.46. The fraction of sp³-hybridized carbons (Fsp3) is 0.385. The third kappa shape index (κ3) is 7.64. The Labute approximate surface area is 239 Å². The van der Waals surface area contributed by atoms with Crippen LogP contribution in [-0.2, 0) is 29.5 Å². The first-order chi connectivity index (χ1) is 19.0. The van der Waals surface area contributed by atoms with E-state index >= 15 is 0 Å². The third-order valence-corrected chi connectivity index (χ3v) is 6.50. The quantitative estimate of drug-likeness (QED) is 0.126. The molecule has 1 amide bonds. The van der Waals surface area contributed by atoms with E-state index in [-0.39, 0.29) is 24.1 Å². The van der Waals surface area contributed by atoms with E-state index in [2.05, 4.69) is 43.0 Å². The van der Waals surface area contributed by atoms with Gasteiger partial charge in [0.1, 0.15) is 10.3 Å². The van der Waals surface area contributed by atoms with Gasteiger partial charge in [-0.1, -0.05) is 36.4 Å². The van der Waals surface area contributed by atoms with E-state index < -0.39 is 64.6 Å². The summed E-state index contributed by atoms with van der Waals surface area (Å²) in [6, 6.07) is 8.76. The van der Waals surface area contributed by atoms with Crippen molar-refractivity contribution in [1.29, 1.82) is 0 Å². The van der Waals surface area contributed by atoms with Crippen LogP contribution in [0.4, 0.5) is 31.1 Å². The Morgan fingerprint density at radius 2 is 1.80 bits per heavy atom. The predicted molar refractivity (Wildman–Crippen MR) is 138 cm³/mol. The molecule has 3 rings (SSSR count). The summed E-state index contributed by atoms with van der Waals surface area (Å²) in [6.07, 6.45) is -11.3. The molecule has 2 N–H and O–H groups in total. The minimum atomic E-state index is -5.06. The van der Waals surface area contributed by atoms with Gasteiger partial charge in [0.2, 0.25) is 5.60 Å². The van der Waals surface area contributed by atoms with Gasteiger partial charge < -0.3 is 19.6 Å². The molecule has 0 saturated carbocycles. The van der Waals surface area contributed by atoms with Gasteiger partial charge in [0, 0.05) is 5.54 Å². The van der Waals surface area contributed by atoms with Crippen LogP contribution in [-0.4, -0.2) is 38.1 Å². The number of hydrogen-bond donors (Lipinski definition) is 2. The van der Waals surface area contributed by atoms with Crippen molar-refractivity contribution < 1.29 is 45.4 Å². The molecular weight excluding hydrogens is 626 g/mol. The molecule has 0 unspecified atom stereocenters. The highest BCUT2D eigenvalue weighted by molar-refractivity contribution is 9.10. The van der Waals surface area contributed by atoms with E-state index in [4.69, 9.17) is 14.3 Å². The van der Waals surface area contributed by atoms with Crippen molar-refractivity contribution >= 4 is 22.0 Å². The zero-order valence-electron chi connectivity index (χ0n) is 21.7. The summed E-state index contributed by atoms with van der Waals surface area (Å²) >= 11 is 2.75. The molecule has 0 fully saturated rings. The first-order valence-corrected chi connectivity index (χ1v) is 12.8. The highest BCUT2D eigenvalue weighted by Crippen LogP contribution is 2.47. The lowest BCUT2D eigenvalue weighted by molar-refractivity contribution is -0.299. The third-order valence-electron chi connectivity index (χ3n) is 5.90. The van der Waals surface area contributed by atoms with Crippen molar-refractivity contribution in [3.63, 3.8) is 0 Å². The lowest BCUT2D eigenvalue weighted by Crippen LogP contribution is -2.45. The summed E-state index contributed by atoms with van der Waals surface area (Å²) in [5.74, 6) is -1.60. The fourth-order valence-corrected chi connectivity index (χ4v) is 4.53. The number of ether oxygens (including phenoxy) is 1. The van der Waals surface area contributed by atoms with Gasteiger partial charge in [-0.25, -0.2) is 9.78 Å². The van der Waals surface area contributed by atoms with Crippen LogP contribution in [0.15, 0.2) is 58.1 Å². The molecular formula is C26H25BrF6N4O4. The average molecular weight is 651 g/mol. The zero-order chi connectivity index (χ0) is 30.6. The Balaban J connectivity index is 2.16. The summed E-state index contributed by atoms with van der Waals surface area (Å²) in [5.41, 5.74) is -5.74. The number of hydrogen-bond acceptors (Lipinski definition) is 6. The number of amides is 1. The number of benzene rings is 1. The lowest BCUT2D eigenvalue weighted by atomic mass is 9.93. The fourth-order valence-electron chi connectivity index (χ4n) is 4.01. The van der Waals surface area contributed by atoms with Crippen LogP contribution < -0.4 is 5.32 Å².